The van der Waals surface area contributed by atoms with Crippen molar-refractivity contribution in [3.63, 3.8) is 0 Å². The number of Topliss-reactive ketones (excluding diaryl/α,β-unsaturated/α-hetero) is 1. The fraction of sp³-hybridized carbons (Fsp3) is 0.423. The number of nitrogens with zero attached hydrogens (tertiary/aromatic N) is 1. The fourth-order valence-electron chi connectivity index (χ4n) is 4.25. The lowest BCUT2D eigenvalue weighted by atomic mass is 9.95. The first kappa shape index (κ1) is 22.8. The first-order valence-corrected chi connectivity index (χ1v) is 11.5. The van der Waals surface area contributed by atoms with E-state index < -0.39 is 0 Å². The topological polar surface area (TPSA) is 84.9 Å². The number of hydrogen-bond donors (Lipinski definition) is 1. The Bertz CT molecular complexity index is 1060. The van der Waals surface area contributed by atoms with Gasteiger partial charge in [0.2, 0.25) is 5.91 Å². The molecule has 0 radical (unpaired) electrons. The molecule has 0 atom stereocenters. The molecule has 7 nitrogen and oxygen atoms in total. The van der Waals surface area contributed by atoms with E-state index in [0.29, 0.717) is 22.7 Å². The Labute approximate surface area is 194 Å². The average molecular weight is 451 g/mol. The highest BCUT2D eigenvalue weighted by atomic mass is 16.5. The lowest BCUT2D eigenvalue weighted by Gasteiger charge is -2.30. The summed E-state index contributed by atoms with van der Waals surface area (Å²) in [5, 5.41) is 3.04. The predicted octanol–water partition coefficient (Wildman–Crippen LogP) is 3.74. The van der Waals surface area contributed by atoms with Crippen molar-refractivity contribution in [1.29, 1.82) is 0 Å². The largest absolute Gasteiger partial charge is 0.485 e. The summed E-state index contributed by atoms with van der Waals surface area (Å²) in [7, 11) is 0. The van der Waals surface area contributed by atoms with Crippen molar-refractivity contribution >= 4 is 23.3 Å². The Morgan fingerprint density at radius 3 is 2.61 bits per heavy atom. The van der Waals surface area contributed by atoms with Crippen molar-refractivity contribution in [3.8, 4) is 11.5 Å². The van der Waals surface area contributed by atoms with Crippen molar-refractivity contribution in [2.24, 2.45) is 0 Å². The van der Waals surface area contributed by atoms with Crippen LogP contribution in [0.4, 0.5) is 5.69 Å². The molecule has 0 bridgehead atoms. The van der Waals surface area contributed by atoms with Crippen LogP contribution in [0.3, 0.4) is 0 Å². The van der Waals surface area contributed by atoms with Gasteiger partial charge < -0.3 is 14.8 Å². The number of amides is 2. The van der Waals surface area contributed by atoms with Crippen LogP contribution in [0.2, 0.25) is 0 Å². The highest BCUT2D eigenvalue weighted by Gasteiger charge is 2.29. The molecule has 2 aromatic rings. The molecule has 0 saturated heterocycles. The summed E-state index contributed by atoms with van der Waals surface area (Å²) in [6.45, 7) is 3.65. The number of ether oxygens (including phenoxy) is 2. The number of hydrogen-bond acceptors (Lipinski definition) is 5. The van der Waals surface area contributed by atoms with Gasteiger partial charge in [-0.25, -0.2) is 0 Å². The summed E-state index contributed by atoms with van der Waals surface area (Å²) in [5.74, 6) is 0.381. The molecule has 0 unspecified atom stereocenters. The fourth-order valence-corrected chi connectivity index (χ4v) is 4.25. The molecular formula is C26H30N2O5. The molecule has 1 fully saturated rings. The Morgan fingerprint density at radius 1 is 1.06 bits per heavy atom. The number of anilines is 1. The number of rotatable bonds is 7. The van der Waals surface area contributed by atoms with Gasteiger partial charge in [-0.05, 0) is 68.1 Å². The summed E-state index contributed by atoms with van der Waals surface area (Å²) in [6.07, 6.45) is 5.36. The lowest BCUT2D eigenvalue weighted by Crippen LogP contribution is -2.47. The van der Waals surface area contributed by atoms with Gasteiger partial charge in [-0.15, -0.1) is 0 Å². The van der Waals surface area contributed by atoms with Crippen LogP contribution in [-0.2, 0) is 9.59 Å². The number of benzene rings is 2. The number of nitrogens with one attached hydrogen (secondary N) is 1. The monoisotopic (exact) mass is 450 g/mol. The molecule has 1 aliphatic carbocycles. The minimum absolute atomic E-state index is 0.0948. The SMILES string of the molecule is Cc1ccc(OCC(=O)c2ccc3c(c2)N(CC(=O)NC2CCCCC2)C(=O)CO3)cc1C. The van der Waals surface area contributed by atoms with Gasteiger partial charge in [-0.3, -0.25) is 19.3 Å². The molecule has 7 heteroatoms. The van der Waals surface area contributed by atoms with Crippen molar-refractivity contribution in [2.45, 2.75) is 52.0 Å². The first-order valence-electron chi connectivity index (χ1n) is 11.5. The number of carbonyl (C=O) groups is 3. The quantitative estimate of drug-likeness (QED) is 0.650. The second-order valence-electron chi connectivity index (χ2n) is 8.81. The molecule has 1 aliphatic heterocycles. The molecular weight excluding hydrogens is 420 g/mol. The number of carbonyl (C=O) groups excluding carboxylic acids is 3. The van der Waals surface area contributed by atoms with Crippen LogP contribution in [0, 0.1) is 13.8 Å². The molecule has 0 spiro atoms. The van der Waals surface area contributed by atoms with E-state index in [9.17, 15) is 14.4 Å². The van der Waals surface area contributed by atoms with Crippen molar-refractivity contribution in [1.82, 2.24) is 5.32 Å². The molecule has 1 saturated carbocycles. The Hall–Kier alpha value is -3.35. The average Bonchev–Trinajstić information content (AvgIpc) is 2.82. The lowest BCUT2D eigenvalue weighted by molar-refractivity contribution is -0.125. The van der Waals surface area contributed by atoms with Gasteiger partial charge in [0, 0.05) is 11.6 Å². The van der Waals surface area contributed by atoms with Gasteiger partial charge in [-0.2, -0.15) is 0 Å². The van der Waals surface area contributed by atoms with Crippen molar-refractivity contribution in [2.75, 3.05) is 24.7 Å². The van der Waals surface area contributed by atoms with Crippen LogP contribution in [0.5, 0.6) is 11.5 Å². The van der Waals surface area contributed by atoms with E-state index in [2.05, 4.69) is 5.32 Å². The van der Waals surface area contributed by atoms with Crippen LogP contribution in [0.1, 0.15) is 53.6 Å². The number of aryl methyl sites for hydroxylation is 2. The Kier molecular flexibility index (Phi) is 6.96. The summed E-state index contributed by atoms with van der Waals surface area (Å²) < 4.78 is 11.2. The molecule has 1 heterocycles. The molecule has 0 aromatic heterocycles. The highest BCUT2D eigenvalue weighted by molar-refractivity contribution is 6.04. The van der Waals surface area contributed by atoms with E-state index in [4.69, 9.17) is 9.47 Å². The minimum atomic E-state index is -0.308. The van der Waals surface area contributed by atoms with Crippen molar-refractivity contribution < 1.29 is 23.9 Å². The zero-order valence-corrected chi connectivity index (χ0v) is 19.2. The molecule has 33 heavy (non-hydrogen) atoms. The van der Waals surface area contributed by atoms with Crippen molar-refractivity contribution in [3.05, 3.63) is 53.1 Å². The van der Waals surface area contributed by atoms with E-state index in [-0.39, 0.29) is 43.4 Å². The Balaban J connectivity index is 1.44. The summed E-state index contributed by atoms with van der Waals surface area (Å²) in [5.41, 5.74) is 3.07. The third-order valence-corrected chi connectivity index (χ3v) is 6.34. The van der Waals surface area contributed by atoms with E-state index in [1.165, 1.54) is 11.3 Å². The van der Waals surface area contributed by atoms with Crippen LogP contribution >= 0.6 is 0 Å². The van der Waals surface area contributed by atoms with E-state index >= 15 is 0 Å². The minimum Gasteiger partial charge on any atom is -0.485 e. The van der Waals surface area contributed by atoms with Gasteiger partial charge in [0.25, 0.3) is 5.91 Å². The Morgan fingerprint density at radius 2 is 1.85 bits per heavy atom. The smallest absolute Gasteiger partial charge is 0.265 e. The van der Waals surface area contributed by atoms with Crippen LogP contribution in [-0.4, -0.2) is 43.4 Å². The van der Waals surface area contributed by atoms with Gasteiger partial charge in [0.1, 0.15) is 18.0 Å². The second-order valence-corrected chi connectivity index (χ2v) is 8.81. The first-order chi connectivity index (χ1) is 15.9. The third-order valence-electron chi connectivity index (χ3n) is 6.34. The summed E-state index contributed by atoms with van der Waals surface area (Å²) >= 11 is 0. The molecule has 2 aliphatic rings. The maximum Gasteiger partial charge on any atom is 0.265 e. The molecule has 2 aromatic carbocycles. The van der Waals surface area contributed by atoms with Crippen LogP contribution in [0.25, 0.3) is 0 Å². The molecule has 174 valence electrons. The van der Waals surface area contributed by atoms with Gasteiger partial charge >= 0.3 is 0 Å². The van der Waals surface area contributed by atoms with Crippen LogP contribution < -0.4 is 19.7 Å². The van der Waals surface area contributed by atoms with Gasteiger partial charge in [-0.1, -0.05) is 25.3 Å². The van der Waals surface area contributed by atoms with Gasteiger partial charge in [0.15, 0.2) is 19.0 Å². The normalized spacial score (nSPS) is 16.1. The van der Waals surface area contributed by atoms with Gasteiger partial charge in [0.05, 0.1) is 5.69 Å². The zero-order valence-electron chi connectivity index (χ0n) is 19.2. The number of fused-ring (bicyclic) bond motifs is 1. The molecule has 1 N–H and O–H groups in total. The standard InChI is InChI=1S/C26H30N2O5/c1-17-8-10-21(12-18(17)2)32-15-23(29)19-9-11-24-22(13-19)28(26(31)16-33-24)14-25(30)27-20-6-4-3-5-7-20/h8-13,20H,3-7,14-16H2,1-2H3,(H,27,30). The predicted molar refractivity (Wildman–Crippen MR) is 125 cm³/mol. The maximum atomic E-state index is 12.8. The van der Waals surface area contributed by atoms with E-state index in [0.717, 1.165) is 36.8 Å². The van der Waals surface area contributed by atoms with E-state index in [1.54, 1.807) is 18.2 Å². The summed E-state index contributed by atoms with van der Waals surface area (Å²) in [4.78, 5) is 39.4. The van der Waals surface area contributed by atoms with E-state index in [1.807, 2.05) is 32.0 Å². The third kappa shape index (κ3) is 5.53. The molecule has 2 amide bonds. The summed E-state index contributed by atoms with van der Waals surface area (Å²) in [6, 6.07) is 10.8. The highest BCUT2D eigenvalue weighted by Crippen LogP contribution is 2.33. The van der Waals surface area contributed by atoms with Crippen LogP contribution in [0.15, 0.2) is 36.4 Å². The number of ketones is 1. The second kappa shape index (κ2) is 10.1. The molecule has 4 rings (SSSR count). The zero-order chi connectivity index (χ0) is 23.4. The maximum absolute atomic E-state index is 12.8.